The number of carbonyl (C=O) groups excluding carboxylic acids is 1. The van der Waals surface area contributed by atoms with Crippen LogP contribution >= 0.6 is 0 Å². The summed E-state index contributed by atoms with van der Waals surface area (Å²) < 4.78 is 5.33. The van der Waals surface area contributed by atoms with Gasteiger partial charge in [0.05, 0.1) is 0 Å². The maximum Gasteiger partial charge on any atom is 0.410 e. The molecule has 0 saturated carbocycles. The van der Waals surface area contributed by atoms with Crippen LogP contribution in [-0.2, 0) is 9.57 Å². The molecule has 1 heterocycles. The minimum atomic E-state index is -0.796. The van der Waals surface area contributed by atoms with E-state index in [1.54, 1.807) is 4.90 Å². The predicted octanol–water partition coefficient (Wildman–Crippen LogP) is 2.23. The van der Waals surface area contributed by atoms with Crippen LogP contribution in [0.15, 0.2) is 0 Å². The van der Waals surface area contributed by atoms with Crippen LogP contribution in [0.2, 0.25) is 0 Å². The zero-order chi connectivity index (χ0) is 14.6. The van der Waals surface area contributed by atoms with E-state index in [0.717, 1.165) is 12.8 Å². The molecule has 1 saturated heterocycles. The zero-order valence-electron chi connectivity index (χ0n) is 11.9. The van der Waals surface area contributed by atoms with E-state index in [0.29, 0.717) is 6.54 Å². The molecule has 0 bridgehead atoms. The summed E-state index contributed by atoms with van der Waals surface area (Å²) in [6.45, 7) is 7.85. The summed E-state index contributed by atoms with van der Waals surface area (Å²) in [7, 11) is 0. The van der Waals surface area contributed by atoms with E-state index in [1.165, 1.54) is 0 Å². The van der Waals surface area contributed by atoms with Crippen molar-refractivity contribution in [1.29, 1.82) is 0 Å². The molecule has 0 aromatic rings. The third kappa shape index (κ3) is 5.32. The molecule has 0 radical (unpaired) electrons. The lowest BCUT2D eigenvalue weighted by Gasteiger charge is -2.38. The molecular weight excluding hydrogens is 252 g/mol. The molecule has 0 aromatic heterocycles. The van der Waals surface area contributed by atoms with Crippen LogP contribution in [0.3, 0.4) is 0 Å². The first kappa shape index (κ1) is 15.5. The smallest absolute Gasteiger partial charge is 0.410 e. The average Bonchev–Trinajstić information content (AvgIpc) is 2.25. The van der Waals surface area contributed by atoms with E-state index in [9.17, 15) is 14.9 Å². The lowest BCUT2D eigenvalue weighted by Crippen LogP contribution is -2.48. The summed E-state index contributed by atoms with van der Waals surface area (Å²) in [5, 5.41) is 9.39. The van der Waals surface area contributed by atoms with E-state index in [2.05, 4.69) is 4.84 Å². The van der Waals surface area contributed by atoms with E-state index < -0.39 is 10.7 Å². The number of piperidine rings is 1. The molecule has 1 fully saturated rings. The molecule has 7 heteroatoms. The lowest BCUT2D eigenvalue weighted by molar-refractivity contribution is -0.759. The molecule has 19 heavy (non-hydrogen) atoms. The Labute approximate surface area is 113 Å². The van der Waals surface area contributed by atoms with Crippen molar-refractivity contribution in [3.8, 4) is 0 Å². The van der Waals surface area contributed by atoms with Crippen molar-refractivity contribution >= 4 is 6.09 Å². The van der Waals surface area contributed by atoms with Gasteiger partial charge in [0.1, 0.15) is 12.2 Å². The lowest BCUT2D eigenvalue weighted by atomic mass is 9.94. The van der Waals surface area contributed by atoms with Crippen molar-refractivity contribution in [3.63, 3.8) is 0 Å². The van der Waals surface area contributed by atoms with Crippen LogP contribution in [0.5, 0.6) is 0 Å². The fourth-order valence-electron chi connectivity index (χ4n) is 2.06. The monoisotopic (exact) mass is 274 g/mol. The van der Waals surface area contributed by atoms with Crippen LogP contribution < -0.4 is 0 Å². The van der Waals surface area contributed by atoms with Gasteiger partial charge >= 0.3 is 6.09 Å². The first-order valence-electron chi connectivity index (χ1n) is 6.46. The van der Waals surface area contributed by atoms with Gasteiger partial charge in [0.25, 0.3) is 5.09 Å². The molecule has 1 amide bonds. The van der Waals surface area contributed by atoms with Gasteiger partial charge in [-0.15, -0.1) is 10.1 Å². The summed E-state index contributed by atoms with van der Waals surface area (Å²) in [5.41, 5.74) is -0.541. The van der Waals surface area contributed by atoms with Gasteiger partial charge in [-0.25, -0.2) is 4.79 Å². The average molecular weight is 274 g/mol. The Morgan fingerprint density at radius 2 is 2.05 bits per heavy atom. The van der Waals surface area contributed by atoms with Crippen LogP contribution in [-0.4, -0.2) is 40.9 Å². The number of rotatable bonds is 3. The largest absolute Gasteiger partial charge is 0.444 e. The van der Waals surface area contributed by atoms with Gasteiger partial charge in [0, 0.05) is 18.5 Å². The van der Waals surface area contributed by atoms with E-state index in [4.69, 9.17) is 4.74 Å². The van der Waals surface area contributed by atoms with Crippen molar-refractivity contribution in [2.75, 3.05) is 13.2 Å². The SMILES string of the molecule is CC1CCC(CO[N+](=O)[O-])CN1C(=O)OC(C)(C)C. The maximum atomic E-state index is 12.0. The summed E-state index contributed by atoms with van der Waals surface area (Å²) >= 11 is 0. The molecule has 0 aromatic carbocycles. The van der Waals surface area contributed by atoms with Crippen molar-refractivity contribution in [3.05, 3.63) is 10.1 Å². The van der Waals surface area contributed by atoms with Gasteiger partial charge in [0.15, 0.2) is 0 Å². The molecule has 0 spiro atoms. The summed E-state index contributed by atoms with van der Waals surface area (Å²) in [6.07, 6.45) is 1.24. The van der Waals surface area contributed by atoms with Crippen molar-refractivity contribution in [2.24, 2.45) is 5.92 Å². The molecule has 2 atom stereocenters. The van der Waals surface area contributed by atoms with Gasteiger partial charge in [-0.1, -0.05) is 0 Å². The Morgan fingerprint density at radius 3 is 2.58 bits per heavy atom. The minimum Gasteiger partial charge on any atom is -0.444 e. The second-order valence-corrected chi connectivity index (χ2v) is 5.94. The Balaban J connectivity index is 2.55. The molecule has 0 N–H and O–H groups in total. The van der Waals surface area contributed by atoms with Gasteiger partial charge in [0.2, 0.25) is 0 Å². The summed E-state index contributed by atoms with van der Waals surface area (Å²) in [5.74, 6) is -0.0193. The number of hydrogen-bond donors (Lipinski definition) is 0. The number of amides is 1. The van der Waals surface area contributed by atoms with Crippen molar-refractivity contribution in [2.45, 2.75) is 52.2 Å². The standard InChI is InChI=1S/C12H22N2O5/c1-9-5-6-10(8-18-14(16)17)7-13(9)11(15)19-12(2,3)4/h9-10H,5-8H2,1-4H3. The molecule has 1 aliphatic rings. The highest BCUT2D eigenvalue weighted by atomic mass is 16.9. The molecule has 0 aliphatic carbocycles. The van der Waals surface area contributed by atoms with Crippen molar-refractivity contribution < 1.29 is 19.5 Å². The Bertz CT molecular complexity index is 340. The molecule has 1 aliphatic heterocycles. The fraction of sp³-hybridized carbons (Fsp3) is 0.917. The molecule has 7 nitrogen and oxygen atoms in total. The normalized spacial score (nSPS) is 23.9. The van der Waals surface area contributed by atoms with Crippen LogP contribution in [0.25, 0.3) is 0 Å². The van der Waals surface area contributed by atoms with Gasteiger partial charge in [-0.2, -0.15) is 0 Å². The van der Waals surface area contributed by atoms with Gasteiger partial charge in [-0.3, -0.25) is 0 Å². The third-order valence-electron chi connectivity index (χ3n) is 3.02. The predicted molar refractivity (Wildman–Crippen MR) is 68.1 cm³/mol. The maximum absolute atomic E-state index is 12.0. The molecule has 1 rings (SSSR count). The summed E-state index contributed by atoms with van der Waals surface area (Å²) in [6, 6.07) is 0.0849. The zero-order valence-corrected chi connectivity index (χ0v) is 11.9. The van der Waals surface area contributed by atoms with Gasteiger partial charge in [-0.05, 0) is 40.5 Å². The van der Waals surface area contributed by atoms with E-state index in [-0.39, 0.29) is 24.7 Å². The number of ether oxygens (including phenoxy) is 1. The first-order valence-corrected chi connectivity index (χ1v) is 6.46. The highest BCUT2D eigenvalue weighted by Crippen LogP contribution is 2.24. The highest BCUT2D eigenvalue weighted by molar-refractivity contribution is 5.68. The second kappa shape index (κ2) is 6.08. The van der Waals surface area contributed by atoms with Crippen LogP contribution in [0.4, 0.5) is 4.79 Å². The Kier molecular flexibility index (Phi) is 4.97. The highest BCUT2D eigenvalue weighted by Gasteiger charge is 2.32. The topological polar surface area (TPSA) is 81.9 Å². The Hall–Kier alpha value is -1.53. The van der Waals surface area contributed by atoms with Crippen molar-refractivity contribution in [1.82, 2.24) is 4.90 Å². The van der Waals surface area contributed by atoms with Crippen LogP contribution in [0, 0.1) is 16.0 Å². The second-order valence-electron chi connectivity index (χ2n) is 5.94. The third-order valence-corrected chi connectivity index (χ3v) is 3.02. The van der Waals surface area contributed by atoms with E-state index >= 15 is 0 Å². The summed E-state index contributed by atoms with van der Waals surface area (Å²) in [4.78, 5) is 28.2. The Morgan fingerprint density at radius 1 is 1.42 bits per heavy atom. The minimum absolute atomic E-state index is 0.0193. The number of nitrogens with zero attached hydrogens (tertiary/aromatic N) is 2. The fourth-order valence-corrected chi connectivity index (χ4v) is 2.06. The van der Waals surface area contributed by atoms with E-state index in [1.807, 2.05) is 27.7 Å². The number of likely N-dealkylation sites (tertiary alicyclic amines) is 1. The van der Waals surface area contributed by atoms with Crippen LogP contribution in [0.1, 0.15) is 40.5 Å². The first-order chi connectivity index (χ1) is 8.69. The molecular formula is C12H22N2O5. The number of hydrogen-bond acceptors (Lipinski definition) is 5. The molecule has 2 unspecified atom stereocenters. The molecule has 110 valence electrons. The van der Waals surface area contributed by atoms with Gasteiger partial charge < -0.3 is 14.5 Å². The quantitative estimate of drug-likeness (QED) is 0.582. The number of carbonyl (C=O) groups is 1.